The summed E-state index contributed by atoms with van der Waals surface area (Å²) in [5, 5.41) is 3.01. The van der Waals surface area contributed by atoms with Crippen molar-refractivity contribution < 1.29 is 22.7 Å². The third-order valence-corrected chi connectivity index (χ3v) is 7.21. The molecule has 2 aromatic carbocycles. The molecule has 1 N–H and O–H groups in total. The van der Waals surface area contributed by atoms with Gasteiger partial charge < -0.3 is 14.8 Å². The summed E-state index contributed by atoms with van der Waals surface area (Å²) in [5.74, 6) is 0.915. The Morgan fingerprint density at radius 1 is 0.969 bits per heavy atom. The van der Waals surface area contributed by atoms with Crippen LogP contribution >= 0.6 is 11.6 Å². The van der Waals surface area contributed by atoms with Crippen molar-refractivity contribution in [2.24, 2.45) is 0 Å². The molecule has 0 fully saturated rings. The maximum absolute atomic E-state index is 12.8. The normalized spacial score (nSPS) is 11.4. The molecule has 0 heterocycles. The molecule has 0 radical (unpaired) electrons. The van der Waals surface area contributed by atoms with Gasteiger partial charge in [-0.1, -0.05) is 31.5 Å². The lowest BCUT2D eigenvalue weighted by molar-refractivity contribution is 0.0954. The summed E-state index contributed by atoms with van der Waals surface area (Å²) < 4.78 is 38.1. The molecule has 0 bridgehead atoms. The zero-order chi connectivity index (χ0) is 23.7. The number of halogens is 1. The van der Waals surface area contributed by atoms with Gasteiger partial charge in [0.15, 0.2) is 11.5 Å². The first kappa shape index (κ1) is 26.0. The van der Waals surface area contributed by atoms with E-state index in [4.69, 9.17) is 21.1 Å². The zero-order valence-electron chi connectivity index (χ0n) is 19.0. The topological polar surface area (TPSA) is 84.9 Å². The highest BCUT2D eigenvalue weighted by atomic mass is 35.5. The maximum Gasteiger partial charge on any atom is 0.252 e. The Morgan fingerprint density at radius 2 is 1.62 bits per heavy atom. The number of nitrogens with zero attached hydrogens (tertiary/aromatic N) is 1. The predicted molar refractivity (Wildman–Crippen MR) is 126 cm³/mol. The Bertz CT molecular complexity index is 1020. The van der Waals surface area contributed by atoms with Crippen molar-refractivity contribution in [1.82, 2.24) is 9.62 Å². The molecule has 0 atom stereocenters. The molecule has 2 rings (SSSR count). The fraction of sp³-hybridized carbons (Fsp3) is 0.435. The van der Waals surface area contributed by atoms with Crippen LogP contribution in [0.3, 0.4) is 0 Å². The van der Waals surface area contributed by atoms with E-state index in [9.17, 15) is 13.2 Å². The molecule has 0 aromatic heterocycles. The van der Waals surface area contributed by atoms with Gasteiger partial charge in [-0.25, -0.2) is 8.42 Å². The molecule has 0 spiro atoms. The number of carbonyl (C=O) groups is 1. The van der Waals surface area contributed by atoms with Crippen molar-refractivity contribution in [2.75, 3.05) is 32.8 Å². The number of sulfonamides is 1. The van der Waals surface area contributed by atoms with Gasteiger partial charge >= 0.3 is 0 Å². The molecule has 32 heavy (non-hydrogen) atoms. The fourth-order valence-corrected chi connectivity index (χ4v) is 4.91. The van der Waals surface area contributed by atoms with E-state index in [0.717, 1.165) is 5.56 Å². The van der Waals surface area contributed by atoms with Crippen molar-refractivity contribution in [3.63, 3.8) is 0 Å². The monoisotopic (exact) mass is 482 g/mol. The SMILES string of the molecule is CCOc1ccc(CCNC(=O)c2cc(S(=O)(=O)N(CC)CC)ccc2Cl)cc1OCC. The summed E-state index contributed by atoms with van der Waals surface area (Å²) in [6.45, 7) is 9.44. The lowest BCUT2D eigenvalue weighted by atomic mass is 10.1. The smallest absolute Gasteiger partial charge is 0.252 e. The number of nitrogens with one attached hydrogen (secondary N) is 1. The van der Waals surface area contributed by atoms with Crippen LogP contribution in [0.2, 0.25) is 5.02 Å². The standard InChI is InChI=1S/C23H31ClN2O5S/c1-5-26(6-2)32(28,29)18-10-11-20(24)19(16-18)23(27)25-14-13-17-9-12-21(30-7-3)22(15-17)31-8-4/h9-12,15-16H,5-8,13-14H2,1-4H3,(H,25,27). The predicted octanol–water partition coefficient (Wildman–Crippen LogP) is 4.14. The number of rotatable bonds is 12. The molecule has 9 heteroatoms. The highest BCUT2D eigenvalue weighted by Crippen LogP contribution is 2.28. The van der Waals surface area contributed by atoms with Gasteiger partial charge in [0.05, 0.1) is 28.7 Å². The Morgan fingerprint density at radius 3 is 2.25 bits per heavy atom. The van der Waals surface area contributed by atoms with Gasteiger partial charge in [0.2, 0.25) is 10.0 Å². The average molecular weight is 483 g/mol. The molecule has 0 aliphatic carbocycles. The second-order valence-electron chi connectivity index (χ2n) is 6.88. The number of carbonyl (C=O) groups excluding carboxylic acids is 1. The summed E-state index contributed by atoms with van der Waals surface area (Å²) >= 11 is 6.19. The summed E-state index contributed by atoms with van der Waals surface area (Å²) in [4.78, 5) is 12.7. The van der Waals surface area contributed by atoms with Gasteiger partial charge in [-0.2, -0.15) is 4.31 Å². The average Bonchev–Trinajstić information content (AvgIpc) is 2.76. The molecular weight excluding hydrogens is 452 g/mol. The first-order valence-electron chi connectivity index (χ1n) is 10.7. The Labute approximate surface area is 195 Å². The van der Waals surface area contributed by atoms with Gasteiger partial charge in [-0.15, -0.1) is 0 Å². The van der Waals surface area contributed by atoms with Crippen molar-refractivity contribution in [1.29, 1.82) is 0 Å². The summed E-state index contributed by atoms with van der Waals surface area (Å²) in [6.07, 6.45) is 0.563. The van der Waals surface area contributed by atoms with E-state index in [-0.39, 0.29) is 15.5 Å². The molecule has 2 aromatic rings. The summed E-state index contributed by atoms with van der Waals surface area (Å²) in [6, 6.07) is 9.85. The van der Waals surface area contributed by atoms with Crippen LogP contribution in [-0.2, 0) is 16.4 Å². The molecule has 0 aliphatic rings. The van der Waals surface area contributed by atoms with Crippen molar-refractivity contribution >= 4 is 27.5 Å². The molecule has 0 saturated heterocycles. The number of benzene rings is 2. The lowest BCUT2D eigenvalue weighted by Gasteiger charge is -2.19. The van der Waals surface area contributed by atoms with E-state index in [1.165, 1.54) is 22.5 Å². The largest absolute Gasteiger partial charge is 0.490 e. The minimum atomic E-state index is -3.69. The third-order valence-electron chi connectivity index (χ3n) is 4.83. The first-order valence-corrected chi connectivity index (χ1v) is 12.6. The molecular formula is C23H31ClN2O5S. The van der Waals surface area contributed by atoms with Crippen LogP contribution in [0.4, 0.5) is 0 Å². The summed E-state index contributed by atoms with van der Waals surface area (Å²) in [5.41, 5.74) is 1.10. The van der Waals surface area contributed by atoms with Crippen LogP contribution in [-0.4, -0.2) is 51.5 Å². The van der Waals surface area contributed by atoms with Gasteiger partial charge in [0, 0.05) is 19.6 Å². The first-order chi connectivity index (χ1) is 15.3. The Hall–Kier alpha value is -2.29. The molecule has 0 aliphatic heterocycles. The van der Waals surface area contributed by atoms with Crippen molar-refractivity contribution in [3.05, 3.63) is 52.5 Å². The van der Waals surface area contributed by atoms with E-state index in [0.29, 0.717) is 50.8 Å². The van der Waals surface area contributed by atoms with Crippen LogP contribution in [0.25, 0.3) is 0 Å². The quantitative estimate of drug-likeness (QED) is 0.491. The van der Waals surface area contributed by atoms with Gasteiger partial charge in [0.25, 0.3) is 5.91 Å². The minimum Gasteiger partial charge on any atom is -0.490 e. The maximum atomic E-state index is 12.8. The lowest BCUT2D eigenvalue weighted by Crippen LogP contribution is -2.31. The third kappa shape index (κ3) is 6.37. The molecule has 1 amide bonds. The highest BCUT2D eigenvalue weighted by molar-refractivity contribution is 7.89. The van der Waals surface area contributed by atoms with Gasteiger partial charge in [-0.05, 0) is 56.2 Å². The number of amides is 1. The van der Waals surface area contributed by atoms with Crippen LogP contribution in [0.5, 0.6) is 11.5 Å². The number of ether oxygens (including phenoxy) is 2. The minimum absolute atomic E-state index is 0.0450. The number of hydrogen-bond acceptors (Lipinski definition) is 5. The molecule has 7 nitrogen and oxygen atoms in total. The molecule has 0 unspecified atom stereocenters. The van der Waals surface area contributed by atoms with Gasteiger partial charge in [-0.3, -0.25) is 4.79 Å². The van der Waals surface area contributed by atoms with Crippen molar-refractivity contribution in [2.45, 2.75) is 39.0 Å². The molecule has 0 saturated carbocycles. The van der Waals surface area contributed by atoms with E-state index in [1.54, 1.807) is 13.8 Å². The van der Waals surface area contributed by atoms with Gasteiger partial charge in [0.1, 0.15) is 0 Å². The zero-order valence-corrected chi connectivity index (χ0v) is 20.6. The number of hydrogen-bond donors (Lipinski definition) is 1. The highest BCUT2D eigenvalue weighted by Gasteiger charge is 2.23. The van der Waals surface area contributed by atoms with E-state index >= 15 is 0 Å². The van der Waals surface area contributed by atoms with Crippen LogP contribution in [0.15, 0.2) is 41.3 Å². The second-order valence-corrected chi connectivity index (χ2v) is 9.23. The Balaban J connectivity index is 2.11. The Kier molecular flexibility index (Phi) is 9.81. The van der Waals surface area contributed by atoms with Crippen LogP contribution < -0.4 is 14.8 Å². The van der Waals surface area contributed by atoms with Crippen molar-refractivity contribution in [3.8, 4) is 11.5 Å². The van der Waals surface area contributed by atoms with E-state index < -0.39 is 15.9 Å². The van der Waals surface area contributed by atoms with Crippen LogP contribution in [0, 0.1) is 0 Å². The molecule has 176 valence electrons. The van der Waals surface area contributed by atoms with E-state index in [2.05, 4.69) is 5.32 Å². The van der Waals surface area contributed by atoms with Crippen LogP contribution in [0.1, 0.15) is 43.6 Å². The summed E-state index contributed by atoms with van der Waals surface area (Å²) in [7, 11) is -3.69. The fourth-order valence-electron chi connectivity index (χ4n) is 3.22. The second kappa shape index (κ2) is 12.1. The van der Waals surface area contributed by atoms with E-state index in [1.807, 2.05) is 32.0 Å².